The van der Waals surface area contributed by atoms with E-state index in [0.717, 1.165) is 57.9 Å². The minimum atomic E-state index is -3.37. The van der Waals surface area contributed by atoms with Crippen molar-refractivity contribution in [2.75, 3.05) is 65.3 Å². The van der Waals surface area contributed by atoms with Crippen LogP contribution < -0.4 is 5.32 Å². The number of hydrogen-bond acceptors (Lipinski definition) is 10. The van der Waals surface area contributed by atoms with Gasteiger partial charge in [-0.2, -0.15) is 8.42 Å². The Hall–Kier alpha value is -1.67. The second-order valence-electron chi connectivity index (χ2n) is 11.3. The molecule has 0 aromatic rings. The maximum atomic E-state index is 11.6. The zero-order chi connectivity index (χ0) is 30.1. The molecule has 0 aliphatic carbocycles. The highest BCUT2D eigenvalue weighted by molar-refractivity contribution is 7.85. The number of amides is 2. The third kappa shape index (κ3) is 16.6. The molecule has 3 rings (SSSR count). The summed E-state index contributed by atoms with van der Waals surface area (Å²) in [5, 5.41) is 20.8. The largest absolute Gasteiger partial charge is 0.447 e. The third-order valence-electron chi connectivity index (χ3n) is 6.91. The molecule has 0 atom stereocenters. The summed E-state index contributed by atoms with van der Waals surface area (Å²) in [6, 6.07) is 0. The van der Waals surface area contributed by atoms with Gasteiger partial charge in [0.05, 0.1) is 25.1 Å². The van der Waals surface area contributed by atoms with Gasteiger partial charge in [-0.3, -0.25) is 4.18 Å². The first-order valence-corrected chi connectivity index (χ1v) is 16.3. The average Bonchev–Trinajstić information content (AvgIpc) is 2.92. The Bertz CT molecular complexity index is 804. The lowest BCUT2D eigenvalue weighted by Crippen LogP contribution is -2.40. The summed E-state index contributed by atoms with van der Waals surface area (Å²) in [7, 11) is -3.37. The zero-order valence-corrected chi connectivity index (χ0v) is 25.9. The van der Waals surface area contributed by atoms with Crippen molar-refractivity contribution in [3.63, 3.8) is 0 Å². The molecule has 40 heavy (non-hydrogen) atoms. The van der Waals surface area contributed by atoms with Crippen LogP contribution >= 0.6 is 0 Å². The van der Waals surface area contributed by atoms with Gasteiger partial charge >= 0.3 is 12.2 Å². The van der Waals surface area contributed by atoms with E-state index in [0.29, 0.717) is 44.6 Å². The summed E-state index contributed by atoms with van der Waals surface area (Å²) in [5.74, 6) is 1.12. The molecule has 3 fully saturated rings. The standard InChI is InChI=1S/C11H21NO5S.C10H19NO3.C6H13NO/c1-9(2)17-11(13)12-6-4-10(5-7-12)8-16-18(3,14)15;1-8(2)14-10(13)11-5-3-9(7-12)4-6-11;8-5-6-1-3-7-4-2-6/h9-10H,4-8H2,1-3H3;8-9,12H,3-7H2,1-2H3;6-8H,1-5H2. The molecule has 0 bridgehead atoms. The Kier molecular flexibility index (Phi) is 17.7. The van der Waals surface area contributed by atoms with Crippen molar-refractivity contribution >= 4 is 22.3 Å². The van der Waals surface area contributed by atoms with Crippen LogP contribution in [-0.4, -0.2) is 118 Å². The molecule has 13 heteroatoms. The van der Waals surface area contributed by atoms with Crippen LogP contribution in [0.3, 0.4) is 0 Å². The predicted molar refractivity (Wildman–Crippen MR) is 152 cm³/mol. The van der Waals surface area contributed by atoms with E-state index in [4.69, 9.17) is 23.9 Å². The molecule has 3 saturated heterocycles. The summed E-state index contributed by atoms with van der Waals surface area (Å²) in [6.07, 6.45) is 5.87. The third-order valence-corrected chi connectivity index (χ3v) is 7.48. The molecule has 3 aliphatic heterocycles. The molecule has 12 nitrogen and oxygen atoms in total. The molecular formula is C27H53N3O9S. The van der Waals surface area contributed by atoms with Crippen molar-refractivity contribution in [3.05, 3.63) is 0 Å². The van der Waals surface area contributed by atoms with Crippen LogP contribution in [0.2, 0.25) is 0 Å². The van der Waals surface area contributed by atoms with E-state index in [1.54, 1.807) is 9.80 Å². The van der Waals surface area contributed by atoms with Crippen molar-refractivity contribution < 1.29 is 41.9 Å². The lowest BCUT2D eigenvalue weighted by molar-refractivity contribution is 0.0591. The fourth-order valence-corrected chi connectivity index (χ4v) is 4.86. The Morgan fingerprint density at radius 1 is 0.750 bits per heavy atom. The van der Waals surface area contributed by atoms with Gasteiger partial charge in [0.15, 0.2) is 0 Å². The van der Waals surface area contributed by atoms with Gasteiger partial charge in [-0.15, -0.1) is 0 Å². The molecule has 0 aromatic heterocycles. The smallest absolute Gasteiger partial charge is 0.410 e. The minimum absolute atomic E-state index is 0.0573. The highest BCUT2D eigenvalue weighted by Crippen LogP contribution is 2.19. The van der Waals surface area contributed by atoms with Crippen LogP contribution in [0.5, 0.6) is 0 Å². The number of carbonyl (C=O) groups is 2. The molecule has 2 amide bonds. The van der Waals surface area contributed by atoms with E-state index in [2.05, 4.69) is 5.32 Å². The lowest BCUT2D eigenvalue weighted by atomic mass is 9.98. The molecular weight excluding hydrogens is 542 g/mol. The number of rotatable bonds is 7. The monoisotopic (exact) mass is 595 g/mol. The van der Waals surface area contributed by atoms with Gasteiger partial charge in [0.25, 0.3) is 10.1 Å². The molecule has 3 heterocycles. The minimum Gasteiger partial charge on any atom is -0.447 e. The van der Waals surface area contributed by atoms with Gasteiger partial charge in [0.2, 0.25) is 0 Å². The normalized spacial score (nSPS) is 19.4. The van der Waals surface area contributed by atoms with Gasteiger partial charge in [-0.1, -0.05) is 0 Å². The first-order valence-electron chi connectivity index (χ1n) is 14.5. The summed E-state index contributed by atoms with van der Waals surface area (Å²) in [6.45, 7) is 12.9. The quantitative estimate of drug-likeness (QED) is 0.374. The lowest BCUT2D eigenvalue weighted by Gasteiger charge is -2.31. The van der Waals surface area contributed by atoms with Crippen LogP contribution in [0.25, 0.3) is 0 Å². The van der Waals surface area contributed by atoms with Crippen LogP contribution in [-0.2, 0) is 23.8 Å². The number of piperidine rings is 3. The van der Waals surface area contributed by atoms with Crippen molar-refractivity contribution in [2.45, 2.75) is 78.4 Å². The van der Waals surface area contributed by atoms with Crippen molar-refractivity contribution in [3.8, 4) is 0 Å². The van der Waals surface area contributed by atoms with Crippen molar-refractivity contribution in [1.82, 2.24) is 15.1 Å². The summed E-state index contributed by atoms with van der Waals surface area (Å²) in [4.78, 5) is 26.4. The van der Waals surface area contributed by atoms with Gasteiger partial charge < -0.3 is 34.8 Å². The molecule has 0 saturated carbocycles. The van der Waals surface area contributed by atoms with Crippen LogP contribution in [0.15, 0.2) is 0 Å². The molecule has 3 N–H and O–H groups in total. The van der Waals surface area contributed by atoms with Crippen LogP contribution in [0.1, 0.15) is 66.2 Å². The number of nitrogens with one attached hydrogen (secondary N) is 1. The number of aliphatic hydroxyl groups is 2. The fourth-order valence-electron chi connectivity index (χ4n) is 4.42. The number of ether oxygens (including phenoxy) is 2. The summed E-state index contributed by atoms with van der Waals surface area (Å²) < 4.78 is 36.7. The Labute approximate surface area is 240 Å². The summed E-state index contributed by atoms with van der Waals surface area (Å²) >= 11 is 0. The number of carbonyl (C=O) groups excluding carboxylic acids is 2. The fraction of sp³-hybridized carbons (Fsp3) is 0.926. The van der Waals surface area contributed by atoms with E-state index < -0.39 is 10.1 Å². The van der Waals surface area contributed by atoms with Gasteiger partial charge in [0.1, 0.15) is 0 Å². The second kappa shape index (κ2) is 19.5. The molecule has 0 aromatic carbocycles. The Balaban J connectivity index is 0.000000321. The average molecular weight is 596 g/mol. The zero-order valence-electron chi connectivity index (χ0n) is 25.0. The Morgan fingerprint density at radius 3 is 1.45 bits per heavy atom. The molecule has 0 unspecified atom stereocenters. The number of aliphatic hydroxyl groups excluding tert-OH is 2. The highest BCUT2D eigenvalue weighted by Gasteiger charge is 2.25. The first kappa shape index (κ1) is 36.4. The van der Waals surface area contributed by atoms with Crippen molar-refractivity contribution in [1.29, 1.82) is 0 Å². The Morgan fingerprint density at radius 2 is 1.12 bits per heavy atom. The second-order valence-corrected chi connectivity index (χ2v) is 12.9. The van der Waals surface area contributed by atoms with Gasteiger partial charge in [-0.05, 0) is 97.1 Å². The van der Waals surface area contributed by atoms with Crippen molar-refractivity contribution in [2.24, 2.45) is 17.8 Å². The van der Waals surface area contributed by atoms with Crippen LogP contribution in [0, 0.1) is 17.8 Å². The van der Waals surface area contributed by atoms with E-state index in [-0.39, 0.29) is 43.5 Å². The predicted octanol–water partition coefficient (Wildman–Crippen LogP) is 2.43. The van der Waals surface area contributed by atoms with Crippen LogP contribution in [0.4, 0.5) is 9.59 Å². The van der Waals surface area contributed by atoms with E-state index in [9.17, 15) is 18.0 Å². The topological polar surface area (TPSA) is 155 Å². The molecule has 0 radical (unpaired) electrons. The molecule has 0 spiro atoms. The number of likely N-dealkylation sites (tertiary alicyclic amines) is 2. The maximum absolute atomic E-state index is 11.6. The van der Waals surface area contributed by atoms with E-state index >= 15 is 0 Å². The molecule has 236 valence electrons. The maximum Gasteiger partial charge on any atom is 0.410 e. The van der Waals surface area contributed by atoms with E-state index in [1.165, 1.54) is 0 Å². The molecule has 3 aliphatic rings. The SMILES string of the molecule is CC(C)OC(=O)N1CCC(CO)CC1.CC(C)OC(=O)N1CCC(COS(C)(=O)=O)CC1.OCC1CCNCC1. The van der Waals surface area contributed by atoms with E-state index in [1.807, 2.05) is 27.7 Å². The highest BCUT2D eigenvalue weighted by atomic mass is 32.2. The number of nitrogens with zero attached hydrogens (tertiary/aromatic N) is 2. The number of hydrogen-bond donors (Lipinski definition) is 3. The first-order chi connectivity index (χ1) is 18.8. The van der Waals surface area contributed by atoms with Gasteiger partial charge in [0, 0.05) is 39.4 Å². The van der Waals surface area contributed by atoms with Gasteiger partial charge in [-0.25, -0.2) is 9.59 Å². The summed E-state index contributed by atoms with van der Waals surface area (Å²) in [5.41, 5.74) is 0.